The van der Waals surface area contributed by atoms with Crippen LogP contribution >= 0.6 is 0 Å². The van der Waals surface area contributed by atoms with Gasteiger partial charge in [0.1, 0.15) is 0 Å². The van der Waals surface area contributed by atoms with Crippen molar-refractivity contribution < 1.29 is 4.79 Å². The first-order chi connectivity index (χ1) is 6.52. The maximum Gasteiger partial charge on any atom is 0.239 e. The molecule has 0 aliphatic carbocycles. The first-order valence-electron chi connectivity index (χ1n) is 5.27. The topological polar surface area (TPSA) is 49.6 Å². The van der Waals surface area contributed by atoms with Crippen LogP contribution in [-0.2, 0) is 4.79 Å². The summed E-state index contributed by atoms with van der Waals surface area (Å²) in [4.78, 5) is 15.9. The standard InChI is InChI=1S/C10H21N3O/c1-8-7-12(3)5-4-6-13(8)10(14)9(2)11/h8-9H,4-7,11H2,1-3H3/t8?,9-/m1/s1. The van der Waals surface area contributed by atoms with Crippen molar-refractivity contribution in [1.29, 1.82) is 0 Å². The van der Waals surface area contributed by atoms with E-state index in [9.17, 15) is 4.79 Å². The lowest BCUT2D eigenvalue weighted by Gasteiger charge is -2.29. The zero-order valence-electron chi connectivity index (χ0n) is 9.36. The first-order valence-corrected chi connectivity index (χ1v) is 5.27. The third kappa shape index (κ3) is 2.69. The van der Waals surface area contributed by atoms with Crippen LogP contribution in [0.25, 0.3) is 0 Å². The molecule has 0 spiro atoms. The lowest BCUT2D eigenvalue weighted by Crippen LogP contribution is -2.48. The Kier molecular flexibility index (Phi) is 3.89. The predicted octanol–water partition coefficient (Wildman–Crippen LogP) is -0.114. The second kappa shape index (κ2) is 4.75. The fraction of sp³-hybridized carbons (Fsp3) is 0.900. The molecule has 0 radical (unpaired) electrons. The van der Waals surface area contributed by atoms with Crippen LogP contribution in [0.5, 0.6) is 0 Å². The van der Waals surface area contributed by atoms with Gasteiger partial charge in [0.15, 0.2) is 0 Å². The molecule has 1 saturated heterocycles. The minimum absolute atomic E-state index is 0.0767. The molecule has 1 fully saturated rings. The van der Waals surface area contributed by atoms with Crippen molar-refractivity contribution in [3.8, 4) is 0 Å². The predicted molar refractivity (Wildman–Crippen MR) is 56.9 cm³/mol. The van der Waals surface area contributed by atoms with Crippen molar-refractivity contribution in [2.24, 2.45) is 5.73 Å². The fourth-order valence-electron chi connectivity index (χ4n) is 1.96. The number of hydrogen-bond acceptors (Lipinski definition) is 3. The molecule has 1 heterocycles. The van der Waals surface area contributed by atoms with E-state index >= 15 is 0 Å². The van der Waals surface area contributed by atoms with Gasteiger partial charge in [-0.3, -0.25) is 4.79 Å². The molecule has 1 rings (SSSR count). The Hall–Kier alpha value is -0.610. The van der Waals surface area contributed by atoms with Gasteiger partial charge in [-0.15, -0.1) is 0 Å². The molecule has 0 aromatic rings. The van der Waals surface area contributed by atoms with Crippen molar-refractivity contribution in [1.82, 2.24) is 9.80 Å². The number of amides is 1. The second-order valence-corrected chi connectivity index (χ2v) is 4.29. The molecule has 1 unspecified atom stereocenters. The molecule has 4 nitrogen and oxygen atoms in total. The van der Waals surface area contributed by atoms with Crippen molar-refractivity contribution in [2.45, 2.75) is 32.4 Å². The monoisotopic (exact) mass is 199 g/mol. The Balaban J connectivity index is 2.63. The van der Waals surface area contributed by atoms with Gasteiger partial charge in [0.05, 0.1) is 6.04 Å². The van der Waals surface area contributed by atoms with Crippen LogP contribution < -0.4 is 5.73 Å². The quantitative estimate of drug-likeness (QED) is 0.641. The van der Waals surface area contributed by atoms with Crippen LogP contribution in [0.2, 0.25) is 0 Å². The molecular formula is C10H21N3O. The van der Waals surface area contributed by atoms with Crippen LogP contribution in [0.4, 0.5) is 0 Å². The summed E-state index contributed by atoms with van der Waals surface area (Å²) in [5, 5.41) is 0. The van der Waals surface area contributed by atoms with E-state index in [2.05, 4.69) is 18.9 Å². The molecule has 1 aliphatic heterocycles. The Morgan fingerprint density at radius 1 is 1.50 bits per heavy atom. The first kappa shape index (κ1) is 11.5. The van der Waals surface area contributed by atoms with E-state index in [1.807, 2.05) is 4.90 Å². The van der Waals surface area contributed by atoms with Crippen LogP contribution in [0, 0.1) is 0 Å². The van der Waals surface area contributed by atoms with Crippen LogP contribution in [-0.4, -0.2) is 54.5 Å². The SMILES string of the molecule is CC1CN(C)CCCN1C(=O)[C@@H](C)N. The van der Waals surface area contributed by atoms with Gasteiger partial charge in [-0.25, -0.2) is 0 Å². The number of rotatable bonds is 1. The number of carbonyl (C=O) groups is 1. The maximum atomic E-state index is 11.8. The molecule has 0 saturated carbocycles. The molecular weight excluding hydrogens is 178 g/mol. The van der Waals surface area contributed by atoms with Crippen LogP contribution in [0.1, 0.15) is 20.3 Å². The van der Waals surface area contributed by atoms with Crippen molar-refractivity contribution in [2.75, 3.05) is 26.7 Å². The molecule has 0 bridgehead atoms. The third-order valence-electron chi connectivity index (χ3n) is 2.72. The summed E-state index contributed by atoms with van der Waals surface area (Å²) in [5.41, 5.74) is 5.61. The highest BCUT2D eigenvalue weighted by Crippen LogP contribution is 2.09. The molecule has 4 heteroatoms. The highest BCUT2D eigenvalue weighted by molar-refractivity contribution is 5.81. The minimum Gasteiger partial charge on any atom is -0.337 e. The van der Waals surface area contributed by atoms with Gasteiger partial charge in [0.25, 0.3) is 0 Å². The minimum atomic E-state index is -0.374. The molecule has 2 N–H and O–H groups in total. The Morgan fingerprint density at radius 3 is 2.71 bits per heavy atom. The lowest BCUT2D eigenvalue weighted by molar-refractivity contribution is -0.134. The van der Waals surface area contributed by atoms with Crippen LogP contribution in [0.3, 0.4) is 0 Å². The van der Waals surface area contributed by atoms with Gasteiger partial charge in [-0.2, -0.15) is 0 Å². The van der Waals surface area contributed by atoms with Gasteiger partial charge in [-0.1, -0.05) is 0 Å². The summed E-state index contributed by atoms with van der Waals surface area (Å²) in [6.07, 6.45) is 1.04. The van der Waals surface area contributed by atoms with E-state index in [1.54, 1.807) is 6.92 Å². The van der Waals surface area contributed by atoms with E-state index in [4.69, 9.17) is 5.73 Å². The average molecular weight is 199 g/mol. The molecule has 82 valence electrons. The van der Waals surface area contributed by atoms with Crippen LogP contribution in [0.15, 0.2) is 0 Å². The molecule has 14 heavy (non-hydrogen) atoms. The largest absolute Gasteiger partial charge is 0.337 e. The molecule has 1 aliphatic rings. The van der Waals surface area contributed by atoms with E-state index in [-0.39, 0.29) is 18.0 Å². The summed E-state index contributed by atoms with van der Waals surface area (Å²) in [6, 6.07) is -0.0955. The fourth-order valence-corrected chi connectivity index (χ4v) is 1.96. The van der Waals surface area contributed by atoms with Gasteiger partial charge in [0.2, 0.25) is 5.91 Å². The van der Waals surface area contributed by atoms with Gasteiger partial charge < -0.3 is 15.5 Å². The summed E-state index contributed by atoms with van der Waals surface area (Å²) in [6.45, 7) is 6.68. The average Bonchev–Trinajstić information content (AvgIpc) is 2.25. The Labute approximate surface area is 86.0 Å². The number of likely N-dealkylation sites (N-methyl/N-ethyl adjacent to an activating group) is 1. The van der Waals surface area contributed by atoms with E-state index in [0.717, 1.165) is 26.1 Å². The zero-order chi connectivity index (χ0) is 10.7. The highest BCUT2D eigenvalue weighted by atomic mass is 16.2. The number of nitrogens with zero attached hydrogens (tertiary/aromatic N) is 2. The molecule has 0 aromatic carbocycles. The number of nitrogens with two attached hydrogens (primary N) is 1. The van der Waals surface area contributed by atoms with Crippen molar-refractivity contribution >= 4 is 5.91 Å². The van der Waals surface area contributed by atoms with E-state index < -0.39 is 0 Å². The smallest absolute Gasteiger partial charge is 0.239 e. The summed E-state index contributed by atoms with van der Waals surface area (Å²) in [5.74, 6) is 0.0767. The molecule has 2 atom stereocenters. The normalized spacial score (nSPS) is 27.1. The zero-order valence-corrected chi connectivity index (χ0v) is 9.36. The summed E-state index contributed by atoms with van der Waals surface area (Å²) < 4.78 is 0. The summed E-state index contributed by atoms with van der Waals surface area (Å²) >= 11 is 0. The van der Waals surface area contributed by atoms with E-state index in [0.29, 0.717) is 0 Å². The van der Waals surface area contributed by atoms with Crippen molar-refractivity contribution in [3.05, 3.63) is 0 Å². The Morgan fingerprint density at radius 2 is 2.14 bits per heavy atom. The lowest BCUT2D eigenvalue weighted by atomic mass is 10.2. The highest BCUT2D eigenvalue weighted by Gasteiger charge is 2.25. The number of carbonyl (C=O) groups excluding carboxylic acids is 1. The maximum absolute atomic E-state index is 11.8. The van der Waals surface area contributed by atoms with Gasteiger partial charge in [0, 0.05) is 19.1 Å². The number of hydrogen-bond donors (Lipinski definition) is 1. The molecule has 1 amide bonds. The third-order valence-corrected chi connectivity index (χ3v) is 2.72. The van der Waals surface area contributed by atoms with E-state index in [1.165, 1.54) is 0 Å². The summed E-state index contributed by atoms with van der Waals surface area (Å²) in [7, 11) is 2.09. The molecule has 0 aromatic heterocycles. The van der Waals surface area contributed by atoms with Crippen molar-refractivity contribution in [3.63, 3.8) is 0 Å². The second-order valence-electron chi connectivity index (χ2n) is 4.29. The van der Waals surface area contributed by atoms with Gasteiger partial charge in [-0.05, 0) is 33.9 Å². The Bertz CT molecular complexity index is 206. The van der Waals surface area contributed by atoms with Gasteiger partial charge >= 0.3 is 0 Å².